The lowest BCUT2D eigenvalue weighted by Crippen LogP contribution is -2.22. The number of anilines is 2. The summed E-state index contributed by atoms with van der Waals surface area (Å²) >= 11 is 3.42. The molecule has 1 fully saturated rings. The maximum atomic E-state index is 5.96. The van der Waals surface area contributed by atoms with Gasteiger partial charge < -0.3 is 16.0 Å². The van der Waals surface area contributed by atoms with Crippen molar-refractivity contribution in [1.82, 2.24) is 4.90 Å². The quantitative estimate of drug-likeness (QED) is 0.840. The molecule has 2 rings (SSSR count). The highest BCUT2D eigenvalue weighted by Gasteiger charge is 2.20. The van der Waals surface area contributed by atoms with E-state index in [1.807, 2.05) is 18.2 Å². The van der Waals surface area contributed by atoms with Gasteiger partial charge in [-0.1, -0.05) is 22.9 Å². The molecule has 0 radical (unpaired) electrons. The molecule has 0 spiro atoms. The minimum atomic E-state index is 0.748. The molecule has 1 heterocycles. The fraction of sp³-hybridized carbons (Fsp3) is 0.538. The Morgan fingerprint density at radius 2 is 2.35 bits per heavy atom. The highest BCUT2D eigenvalue weighted by Crippen LogP contribution is 2.24. The van der Waals surface area contributed by atoms with Crippen molar-refractivity contribution in [2.24, 2.45) is 5.92 Å². The van der Waals surface area contributed by atoms with Crippen molar-refractivity contribution in [3.63, 3.8) is 0 Å². The Kier molecular flexibility index (Phi) is 4.29. The van der Waals surface area contributed by atoms with E-state index in [0.717, 1.165) is 34.9 Å². The SMILES string of the molecule is CCN1CCC(CNc2ccc(Br)cc2N)C1. The van der Waals surface area contributed by atoms with Gasteiger partial charge in [0.1, 0.15) is 0 Å². The van der Waals surface area contributed by atoms with Crippen molar-refractivity contribution in [2.45, 2.75) is 13.3 Å². The number of rotatable bonds is 4. The second kappa shape index (κ2) is 5.74. The summed E-state index contributed by atoms with van der Waals surface area (Å²) in [6.45, 7) is 6.85. The average molecular weight is 298 g/mol. The number of nitrogens with two attached hydrogens (primary N) is 1. The first kappa shape index (κ1) is 12.7. The third-order valence-corrected chi connectivity index (χ3v) is 3.91. The smallest absolute Gasteiger partial charge is 0.0574 e. The second-order valence-electron chi connectivity index (χ2n) is 4.66. The van der Waals surface area contributed by atoms with E-state index in [0.29, 0.717) is 0 Å². The summed E-state index contributed by atoms with van der Waals surface area (Å²) in [6, 6.07) is 5.99. The zero-order valence-corrected chi connectivity index (χ0v) is 11.8. The number of hydrogen-bond donors (Lipinski definition) is 2. The van der Waals surface area contributed by atoms with E-state index in [9.17, 15) is 0 Å². The minimum Gasteiger partial charge on any atom is -0.397 e. The molecule has 4 heteroatoms. The molecular weight excluding hydrogens is 278 g/mol. The van der Waals surface area contributed by atoms with Gasteiger partial charge >= 0.3 is 0 Å². The fourth-order valence-corrected chi connectivity index (χ4v) is 2.69. The number of nitrogens with zero attached hydrogens (tertiary/aromatic N) is 1. The van der Waals surface area contributed by atoms with Gasteiger partial charge in [0.05, 0.1) is 11.4 Å². The molecule has 1 aliphatic heterocycles. The predicted octanol–water partition coefficient (Wildman–Crippen LogP) is 2.79. The van der Waals surface area contributed by atoms with Crippen LogP contribution >= 0.6 is 15.9 Å². The van der Waals surface area contributed by atoms with Crippen LogP contribution in [0.2, 0.25) is 0 Å². The monoisotopic (exact) mass is 297 g/mol. The van der Waals surface area contributed by atoms with Gasteiger partial charge in [-0.05, 0) is 43.6 Å². The first-order valence-electron chi connectivity index (χ1n) is 6.20. The van der Waals surface area contributed by atoms with Gasteiger partial charge in [0, 0.05) is 17.6 Å². The van der Waals surface area contributed by atoms with Gasteiger partial charge in [-0.2, -0.15) is 0 Å². The lowest BCUT2D eigenvalue weighted by molar-refractivity contribution is 0.345. The van der Waals surface area contributed by atoms with Gasteiger partial charge in [-0.3, -0.25) is 0 Å². The van der Waals surface area contributed by atoms with Crippen LogP contribution in [-0.4, -0.2) is 31.1 Å². The Bertz CT molecular complexity index is 381. The highest BCUT2D eigenvalue weighted by atomic mass is 79.9. The molecule has 1 aromatic rings. The zero-order valence-electron chi connectivity index (χ0n) is 10.2. The Balaban J connectivity index is 1.86. The topological polar surface area (TPSA) is 41.3 Å². The van der Waals surface area contributed by atoms with Crippen LogP contribution in [0.4, 0.5) is 11.4 Å². The molecule has 1 unspecified atom stereocenters. The van der Waals surface area contributed by atoms with E-state index in [2.05, 4.69) is 33.1 Å². The summed E-state index contributed by atoms with van der Waals surface area (Å²) in [7, 11) is 0. The van der Waals surface area contributed by atoms with Crippen LogP contribution < -0.4 is 11.1 Å². The molecule has 0 saturated carbocycles. The van der Waals surface area contributed by atoms with Gasteiger partial charge in [0.25, 0.3) is 0 Å². The molecule has 0 amide bonds. The summed E-state index contributed by atoms with van der Waals surface area (Å²) in [5, 5.41) is 3.45. The lowest BCUT2D eigenvalue weighted by Gasteiger charge is -2.15. The number of nitrogens with one attached hydrogen (secondary N) is 1. The molecule has 1 aromatic carbocycles. The molecule has 1 saturated heterocycles. The van der Waals surface area contributed by atoms with Crippen molar-refractivity contribution in [2.75, 3.05) is 37.2 Å². The third kappa shape index (κ3) is 3.36. The number of hydrogen-bond acceptors (Lipinski definition) is 3. The van der Waals surface area contributed by atoms with Gasteiger partial charge in [-0.15, -0.1) is 0 Å². The van der Waals surface area contributed by atoms with E-state index in [4.69, 9.17) is 5.73 Å². The highest BCUT2D eigenvalue weighted by molar-refractivity contribution is 9.10. The number of benzene rings is 1. The summed E-state index contributed by atoms with van der Waals surface area (Å²) in [5.74, 6) is 0.748. The largest absolute Gasteiger partial charge is 0.397 e. The normalized spacial score (nSPS) is 20.7. The summed E-state index contributed by atoms with van der Waals surface area (Å²) in [4.78, 5) is 2.50. The van der Waals surface area contributed by atoms with Crippen molar-refractivity contribution in [3.05, 3.63) is 22.7 Å². The molecule has 0 aliphatic carbocycles. The van der Waals surface area contributed by atoms with E-state index in [1.54, 1.807) is 0 Å². The maximum Gasteiger partial charge on any atom is 0.0574 e. The van der Waals surface area contributed by atoms with E-state index >= 15 is 0 Å². The van der Waals surface area contributed by atoms with Crippen LogP contribution in [0.15, 0.2) is 22.7 Å². The fourth-order valence-electron chi connectivity index (χ4n) is 2.32. The molecule has 0 bridgehead atoms. The van der Waals surface area contributed by atoms with Crippen molar-refractivity contribution in [3.8, 4) is 0 Å². The molecular formula is C13H20BrN3. The van der Waals surface area contributed by atoms with Crippen LogP contribution in [0.3, 0.4) is 0 Å². The molecule has 94 valence electrons. The number of likely N-dealkylation sites (tertiary alicyclic amines) is 1. The van der Waals surface area contributed by atoms with Crippen LogP contribution in [0, 0.1) is 5.92 Å². The third-order valence-electron chi connectivity index (χ3n) is 3.41. The van der Waals surface area contributed by atoms with Gasteiger partial charge in [-0.25, -0.2) is 0 Å². The predicted molar refractivity (Wildman–Crippen MR) is 77.3 cm³/mol. The molecule has 3 nitrogen and oxygen atoms in total. The minimum absolute atomic E-state index is 0.748. The molecule has 3 N–H and O–H groups in total. The van der Waals surface area contributed by atoms with Gasteiger partial charge in [0.15, 0.2) is 0 Å². The number of nitrogen functional groups attached to an aromatic ring is 1. The lowest BCUT2D eigenvalue weighted by atomic mass is 10.1. The number of halogens is 1. The first-order valence-corrected chi connectivity index (χ1v) is 6.99. The summed E-state index contributed by atoms with van der Waals surface area (Å²) in [6.07, 6.45) is 1.29. The Morgan fingerprint density at radius 1 is 1.53 bits per heavy atom. The maximum absolute atomic E-state index is 5.96. The van der Waals surface area contributed by atoms with E-state index in [1.165, 1.54) is 19.5 Å². The van der Waals surface area contributed by atoms with Crippen molar-refractivity contribution >= 4 is 27.3 Å². The van der Waals surface area contributed by atoms with Crippen LogP contribution in [0.1, 0.15) is 13.3 Å². The van der Waals surface area contributed by atoms with Gasteiger partial charge in [0.2, 0.25) is 0 Å². The van der Waals surface area contributed by atoms with Crippen LogP contribution in [-0.2, 0) is 0 Å². The van der Waals surface area contributed by atoms with Crippen molar-refractivity contribution < 1.29 is 0 Å². The standard InChI is InChI=1S/C13H20BrN3/c1-2-17-6-5-10(9-17)8-16-13-4-3-11(14)7-12(13)15/h3-4,7,10,16H,2,5-6,8-9,15H2,1H3. The molecule has 0 aromatic heterocycles. The Morgan fingerprint density at radius 3 is 3.00 bits per heavy atom. The average Bonchev–Trinajstić information content (AvgIpc) is 2.76. The van der Waals surface area contributed by atoms with E-state index in [-0.39, 0.29) is 0 Å². The summed E-state index contributed by atoms with van der Waals surface area (Å²) in [5.41, 5.74) is 7.81. The van der Waals surface area contributed by atoms with Crippen molar-refractivity contribution in [1.29, 1.82) is 0 Å². The van der Waals surface area contributed by atoms with E-state index < -0.39 is 0 Å². The molecule has 1 atom stereocenters. The Hall–Kier alpha value is -0.740. The van der Waals surface area contributed by atoms with Crippen LogP contribution in [0.25, 0.3) is 0 Å². The second-order valence-corrected chi connectivity index (χ2v) is 5.58. The molecule has 17 heavy (non-hydrogen) atoms. The van der Waals surface area contributed by atoms with Crippen LogP contribution in [0.5, 0.6) is 0 Å². The zero-order chi connectivity index (χ0) is 12.3. The summed E-state index contributed by atoms with van der Waals surface area (Å²) < 4.78 is 1.03. The Labute approximate surface area is 111 Å². The molecule has 1 aliphatic rings. The first-order chi connectivity index (χ1) is 8.19.